The molecule has 0 spiro atoms. The summed E-state index contributed by atoms with van der Waals surface area (Å²) in [6.07, 6.45) is 2.69. The molecular weight excluding hydrogens is 455 g/mol. The zero-order valence-corrected chi connectivity index (χ0v) is 17.8. The Morgan fingerprint density at radius 2 is 0.969 bits per heavy atom. The van der Waals surface area contributed by atoms with Crippen molar-refractivity contribution in [2.75, 3.05) is 0 Å². The quantitative estimate of drug-likeness (QED) is 0.177. The summed E-state index contributed by atoms with van der Waals surface area (Å²) in [5, 5.41) is 0.956. The maximum Gasteiger partial charge on any atom is 0.379 e. The van der Waals surface area contributed by atoms with E-state index in [9.17, 15) is 9.59 Å². The van der Waals surface area contributed by atoms with Crippen LogP contribution in [0, 0.1) is 0 Å². The minimum Gasteiger partial charge on any atom is -0.457 e. The van der Waals surface area contributed by atoms with Crippen LogP contribution in [0.1, 0.15) is 32.2 Å². The van der Waals surface area contributed by atoms with Gasteiger partial charge in [-0.25, -0.2) is 9.59 Å². The molecule has 2 heterocycles. The number of halogens is 2. The summed E-state index contributed by atoms with van der Waals surface area (Å²) in [5.41, 5.74) is 0.873. The van der Waals surface area contributed by atoms with Crippen LogP contribution in [0.3, 0.4) is 0 Å². The van der Waals surface area contributed by atoms with Gasteiger partial charge in [-0.3, -0.25) is 0 Å². The van der Waals surface area contributed by atoms with Crippen molar-refractivity contribution < 1.29 is 27.9 Å². The first kappa shape index (κ1) is 21.5. The van der Waals surface area contributed by atoms with Gasteiger partial charge in [0.2, 0.25) is 11.5 Å². The lowest BCUT2D eigenvalue weighted by Gasteiger charge is -2.15. The maximum absolute atomic E-state index is 12.7. The third kappa shape index (κ3) is 4.94. The Balaban J connectivity index is 1.86. The number of ether oxygens (including phenoxy) is 2. The van der Waals surface area contributed by atoms with E-state index in [0.717, 1.165) is 0 Å². The zero-order valence-electron chi connectivity index (χ0n) is 16.3. The number of benzene rings is 2. The highest BCUT2D eigenvalue weighted by Gasteiger charge is 2.24. The highest BCUT2D eigenvalue weighted by atomic mass is 35.5. The molecule has 0 saturated heterocycles. The molecule has 0 N–H and O–H groups in total. The molecule has 2 aromatic heterocycles. The van der Waals surface area contributed by atoms with Crippen molar-refractivity contribution >= 4 is 46.7 Å². The van der Waals surface area contributed by atoms with Gasteiger partial charge in [0.1, 0.15) is 0 Å². The van der Waals surface area contributed by atoms with Crippen molar-refractivity contribution in [3.8, 4) is 0 Å². The Morgan fingerprint density at radius 1 is 0.594 bits per heavy atom. The average Bonchev–Trinajstić information content (AvgIpc) is 3.52. The van der Waals surface area contributed by atoms with Crippen LogP contribution >= 0.6 is 23.2 Å². The van der Waals surface area contributed by atoms with E-state index in [1.807, 2.05) is 0 Å². The number of carbonyl (C=O) groups is 2. The molecule has 0 aliphatic carbocycles. The molecule has 32 heavy (non-hydrogen) atoms. The fourth-order valence-corrected chi connectivity index (χ4v) is 3.00. The van der Waals surface area contributed by atoms with Gasteiger partial charge in [-0.2, -0.15) is 0 Å². The maximum atomic E-state index is 12.7. The fraction of sp³-hybridized carbons (Fsp3) is 0. The van der Waals surface area contributed by atoms with Crippen molar-refractivity contribution in [1.29, 1.82) is 0 Å². The molecule has 8 heteroatoms. The topological polar surface area (TPSA) is 78.9 Å². The van der Waals surface area contributed by atoms with Gasteiger partial charge in [0.15, 0.2) is 11.5 Å². The van der Waals surface area contributed by atoms with E-state index in [4.69, 9.17) is 41.5 Å². The van der Waals surface area contributed by atoms with Gasteiger partial charge in [-0.1, -0.05) is 23.2 Å². The van der Waals surface area contributed by atoms with Crippen molar-refractivity contribution in [2.24, 2.45) is 0 Å². The largest absolute Gasteiger partial charge is 0.457 e. The van der Waals surface area contributed by atoms with Gasteiger partial charge in [-0.05, 0) is 72.8 Å². The average molecular weight is 469 g/mol. The second kappa shape index (κ2) is 9.60. The second-order valence-electron chi connectivity index (χ2n) is 6.41. The Hall–Kier alpha value is -3.74. The number of hydrogen-bond acceptors (Lipinski definition) is 6. The van der Waals surface area contributed by atoms with E-state index in [1.165, 1.54) is 24.7 Å². The minimum atomic E-state index is -0.777. The summed E-state index contributed by atoms with van der Waals surface area (Å²) in [6, 6.07) is 19.0. The molecule has 0 bridgehead atoms. The van der Waals surface area contributed by atoms with Crippen LogP contribution in [0.5, 0.6) is 0 Å². The molecular formula is C24H14Cl2O6. The predicted octanol–water partition coefficient (Wildman–Crippen LogP) is 6.72. The lowest BCUT2D eigenvalue weighted by atomic mass is 10.1. The highest BCUT2D eigenvalue weighted by molar-refractivity contribution is 6.31. The molecule has 4 rings (SSSR count). The van der Waals surface area contributed by atoms with Crippen molar-refractivity contribution in [3.05, 3.63) is 118 Å². The standard InChI is InChI=1S/C24H14Cl2O6/c25-17-9-5-15(6-10-17)21(31-23(27)19-3-1-13-29-19)22(16-7-11-18(26)12-8-16)32-24(28)20-4-2-14-30-20/h1-14H/b22-21+. The van der Waals surface area contributed by atoms with E-state index in [2.05, 4.69) is 0 Å². The van der Waals surface area contributed by atoms with Crippen molar-refractivity contribution in [3.63, 3.8) is 0 Å². The molecule has 2 aromatic carbocycles. The van der Waals surface area contributed by atoms with E-state index in [1.54, 1.807) is 60.7 Å². The lowest BCUT2D eigenvalue weighted by molar-refractivity contribution is 0.0613. The van der Waals surface area contributed by atoms with Crippen molar-refractivity contribution in [2.45, 2.75) is 0 Å². The molecule has 0 radical (unpaired) electrons. The summed E-state index contributed by atoms with van der Waals surface area (Å²) < 4.78 is 21.6. The smallest absolute Gasteiger partial charge is 0.379 e. The monoisotopic (exact) mass is 468 g/mol. The number of hydrogen-bond donors (Lipinski definition) is 0. The molecule has 0 unspecified atom stereocenters. The molecule has 0 fully saturated rings. The second-order valence-corrected chi connectivity index (χ2v) is 7.28. The third-order valence-corrected chi connectivity index (χ3v) is 4.76. The van der Waals surface area contributed by atoms with Crippen LogP contribution in [0.25, 0.3) is 11.5 Å². The van der Waals surface area contributed by atoms with Gasteiger partial charge in [0, 0.05) is 21.2 Å². The van der Waals surface area contributed by atoms with E-state index >= 15 is 0 Å². The number of furan rings is 2. The molecule has 4 aromatic rings. The number of rotatable bonds is 6. The van der Waals surface area contributed by atoms with Crippen LogP contribution in [-0.2, 0) is 9.47 Å². The van der Waals surface area contributed by atoms with Gasteiger partial charge < -0.3 is 18.3 Å². The van der Waals surface area contributed by atoms with Crippen LogP contribution in [0.4, 0.5) is 0 Å². The summed E-state index contributed by atoms with van der Waals surface area (Å²) in [5.74, 6) is -1.65. The molecule has 0 atom stereocenters. The fourth-order valence-electron chi connectivity index (χ4n) is 2.75. The molecule has 160 valence electrons. The SMILES string of the molecule is O=C(O/C(=C(/OC(=O)c1ccco1)c1ccc(Cl)cc1)c1ccc(Cl)cc1)c1ccco1. The summed E-state index contributed by atoms with van der Waals surface area (Å²) in [6.45, 7) is 0. The van der Waals surface area contributed by atoms with Gasteiger partial charge in [-0.15, -0.1) is 0 Å². The summed E-state index contributed by atoms with van der Waals surface area (Å²) >= 11 is 12.0. The van der Waals surface area contributed by atoms with Crippen LogP contribution in [-0.4, -0.2) is 11.9 Å². The molecule has 6 nitrogen and oxygen atoms in total. The summed E-state index contributed by atoms with van der Waals surface area (Å²) in [4.78, 5) is 25.4. The minimum absolute atomic E-state index is 0.0229. The van der Waals surface area contributed by atoms with Crippen LogP contribution in [0.15, 0.2) is 94.2 Å². The van der Waals surface area contributed by atoms with Gasteiger partial charge in [0.05, 0.1) is 12.5 Å². The Morgan fingerprint density at radius 3 is 1.28 bits per heavy atom. The van der Waals surface area contributed by atoms with Crippen molar-refractivity contribution in [1.82, 2.24) is 0 Å². The van der Waals surface area contributed by atoms with Crippen LogP contribution < -0.4 is 0 Å². The first-order valence-corrected chi connectivity index (χ1v) is 10.0. The van der Waals surface area contributed by atoms with Gasteiger partial charge >= 0.3 is 11.9 Å². The molecule has 0 saturated carbocycles. The van der Waals surface area contributed by atoms with Crippen LogP contribution in [0.2, 0.25) is 10.0 Å². The first-order valence-electron chi connectivity index (χ1n) is 9.29. The number of carbonyl (C=O) groups excluding carboxylic acids is 2. The number of esters is 2. The van der Waals surface area contributed by atoms with E-state index in [0.29, 0.717) is 21.2 Å². The highest BCUT2D eigenvalue weighted by Crippen LogP contribution is 2.32. The van der Waals surface area contributed by atoms with E-state index < -0.39 is 11.9 Å². The third-order valence-electron chi connectivity index (χ3n) is 4.25. The zero-order chi connectivity index (χ0) is 22.5. The summed E-state index contributed by atoms with van der Waals surface area (Å²) in [7, 11) is 0. The van der Waals surface area contributed by atoms with Gasteiger partial charge in [0.25, 0.3) is 0 Å². The lowest BCUT2D eigenvalue weighted by Crippen LogP contribution is -2.10. The molecule has 0 aliphatic rings. The first-order chi connectivity index (χ1) is 15.5. The predicted molar refractivity (Wildman–Crippen MR) is 118 cm³/mol. The normalized spacial score (nSPS) is 11.6. The Bertz CT molecular complexity index is 1140. The Labute approximate surface area is 192 Å². The Kier molecular flexibility index (Phi) is 6.44. The molecule has 0 aliphatic heterocycles. The van der Waals surface area contributed by atoms with E-state index in [-0.39, 0.29) is 23.0 Å². The molecule has 0 amide bonds.